The molecule has 0 aliphatic heterocycles. The topological polar surface area (TPSA) is 84.0 Å². The van der Waals surface area contributed by atoms with E-state index in [0.717, 1.165) is 11.3 Å². The smallest absolute Gasteiger partial charge is 0.222 e. The summed E-state index contributed by atoms with van der Waals surface area (Å²) in [5.74, 6) is 1.88. The van der Waals surface area contributed by atoms with Crippen molar-refractivity contribution in [3.63, 3.8) is 0 Å². The van der Waals surface area contributed by atoms with Gasteiger partial charge in [0.25, 0.3) is 0 Å². The highest BCUT2D eigenvalue weighted by Gasteiger charge is 2.07. The van der Waals surface area contributed by atoms with Gasteiger partial charge >= 0.3 is 0 Å². The number of hydrogen-bond acceptors (Lipinski definition) is 4. The number of ether oxygens (including phenoxy) is 2. The Morgan fingerprint density at radius 3 is 2.48 bits per heavy atom. The van der Waals surface area contributed by atoms with E-state index in [4.69, 9.17) is 9.47 Å². The van der Waals surface area contributed by atoms with Crippen molar-refractivity contribution in [3.8, 4) is 11.5 Å². The van der Waals surface area contributed by atoms with E-state index in [1.165, 1.54) is 0 Å². The van der Waals surface area contributed by atoms with E-state index < -0.39 is 0 Å². The molecular weight excluding hydrogens is 483 g/mol. The summed E-state index contributed by atoms with van der Waals surface area (Å²) in [5, 5.41) is 9.21. The lowest BCUT2D eigenvalue weighted by Gasteiger charge is -2.14. The van der Waals surface area contributed by atoms with Gasteiger partial charge in [-0.05, 0) is 24.6 Å². The van der Waals surface area contributed by atoms with Crippen LogP contribution >= 0.6 is 24.0 Å². The molecule has 0 bridgehead atoms. The third-order valence-corrected chi connectivity index (χ3v) is 3.93. The van der Waals surface area contributed by atoms with Crippen LogP contribution in [0.1, 0.15) is 18.9 Å². The molecule has 2 rings (SSSR count). The number of aliphatic imine (C=N–C) groups is 1. The molecule has 1 amide bonds. The van der Waals surface area contributed by atoms with Crippen LogP contribution in [0.15, 0.2) is 53.5 Å². The first-order valence-electron chi connectivity index (χ1n) is 9.25. The number of guanidine groups is 1. The molecule has 2 aromatic carbocycles. The molecule has 0 fully saturated rings. The maximum absolute atomic E-state index is 12.0. The zero-order valence-electron chi connectivity index (χ0n) is 17.0. The molecule has 7 nitrogen and oxygen atoms in total. The lowest BCUT2D eigenvalue weighted by Crippen LogP contribution is -2.34. The van der Waals surface area contributed by atoms with Crippen LogP contribution in [-0.2, 0) is 11.3 Å². The third kappa shape index (κ3) is 8.59. The fourth-order valence-electron chi connectivity index (χ4n) is 2.52. The molecule has 3 N–H and O–H groups in total. The van der Waals surface area contributed by atoms with Gasteiger partial charge in [0, 0.05) is 38.3 Å². The molecule has 0 atom stereocenters. The van der Waals surface area contributed by atoms with Crippen LogP contribution in [0.4, 0.5) is 5.69 Å². The number of methoxy groups -OCH3 is 1. The second-order valence-corrected chi connectivity index (χ2v) is 5.93. The Hall–Kier alpha value is -2.49. The average Bonchev–Trinajstić information content (AvgIpc) is 2.73. The van der Waals surface area contributed by atoms with Crippen LogP contribution in [0.25, 0.3) is 0 Å². The lowest BCUT2D eigenvalue weighted by molar-refractivity contribution is -0.121. The predicted molar refractivity (Wildman–Crippen MR) is 127 cm³/mol. The maximum Gasteiger partial charge on any atom is 0.222 e. The Morgan fingerprint density at radius 1 is 1.07 bits per heavy atom. The second kappa shape index (κ2) is 13.6. The van der Waals surface area contributed by atoms with Crippen LogP contribution in [-0.4, -0.2) is 39.2 Å². The first-order chi connectivity index (χ1) is 13.7. The van der Waals surface area contributed by atoms with E-state index in [0.29, 0.717) is 43.6 Å². The van der Waals surface area contributed by atoms with Gasteiger partial charge in [0.2, 0.25) is 5.91 Å². The van der Waals surface area contributed by atoms with Crippen molar-refractivity contribution in [2.75, 3.05) is 32.6 Å². The molecule has 8 heteroatoms. The predicted octanol–water partition coefficient (Wildman–Crippen LogP) is 3.41. The van der Waals surface area contributed by atoms with Crippen LogP contribution < -0.4 is 25.4 Å². The Bertz CT molecular complexity index is 785. The van der Waals surface area contributed by atoms with Crippen LogP contribution in [0.5, 0.6) is 11.5 Å². The summed E-state index contributed by atoms with van der Waals surface area (Å²) in [5.41, 5.74) is 1.88. The van der Waals surface area contributed by atoms with Crippen LogP contribution in [0.3, 0.4) is 0 Å². The van der Waals surface area contributed by atoms with Crippen molar-refractivity contribution < 1.29 is 14.3 Å². The zero-order valence-corrected chi connectivity index (χ0v) is 19.4. The lowest BCUT2D eigenvalue weighted by atomic mass is 10.2. The number of nitrogens with one attached hydrogen (secondary N) is 3. The van der Waals surface area contributed by atoms with E-state index in [1.807, 2.05) is 55.5 Å². The number of rotatable bonds is 9. The molecule has 2 aromatic rings. The second-order valence-electron chi connectivity index (χ2n) is 5.93. The number of carbonyl (C=O) groups is 1. The van der Waals surface area contributed by atoms with E-state index in [2.05, 4.69) is 20.9 Å². The molecule has 0 saturated carbocycles. The molecule has 0 heterocycles. The Kier molecular flexibility index (Phi) is 11.6. The van der Waals surface area contributed by atoms with Gasteiger partial charge in [-0.15, -0.1) is 24.0 Å². The van der Waals surface area contributed by atoms with E-state index in [1.54, 1.807) is 14.2 Å². The first kappa shape index (κ1) is 24.5. The molecule has 0 aliphatic carbocycles. The fraction of sp³-hybridized carbons (Fsp3) is 0.333. The van der Waals surface area contributed by atoms with Gasteiger partial charge in [-0.25, -0.2) is 0 Å². The number of amides is 1. The minimum absolute atomic E-state index is 0. The Morgan fingerprint density at radius 2 is 1.83 bits per heavy atom. The summed E-state index contributed by atoms with van der Waals surface area (Å²) in [6.45, 7) is 3.49. The number of hydrogen-bond donors (Lipinski definition) is 3. The van der Waals surface area contributed by atoms with Gasteiger partial charge in [-0.1, -0.05) is 30.3 Å². The van der Waals surface area contributed by atoms with Gasteiger partial charge in [0.15, 0.2) is 17.5 Å². The van der Waals surface area contributed by atoms with E-state index in [-0.39, 0.29) is 29.9 Å². The largest absolute Gasteiger partial charge is 0.493 e. The summed E-state index contributed by atoms with van der Waals surface area (Å²) in [7, 11) is 3.28. The number of nitrogens with zero attached hydrogens (tertiary/aromatic N) is 1. The molecular formula is C21H29IN4O3. The summed E-state index contributed by atoms with van der Waals surface area (Å²) in [6, 6.07) is 15.4. The summed E-state index contributed by atoms with van der Waals surface area (Å²) < 4.78 is 10.9. The van der Waals surface area contributed by atoms with Gasteiger partial charge in [-0.3, -0.25) is 9.79 Å². The van der Waals surface area contributed by atoms with Gasteiger partial charge < -0.3 is 25.4 Å². The molecule has 158 valence electrons. The van der Waals surface area contributed by atoms with Crippen molar-refractivity contribution in [2.24, 2.45) is 4.99 Å². The average molecular weight is 512 g/mol. The van der Waals surface area contributed by atoms with Crippen molar-refractivity contribution in [1.29, 1.82) is 0 Å². The molecule has 0 aromatic heterocycles. The first-order valence-corrected chi connectivity index (χ1v) is 9.25. The SMILES string of the molecule is CCOc1ccc(NC(=NC)NCCC(=O)NCc2ccccc2)cc1OC.I. The van der Waals surface area contributed by atoms with E-state index >= 15 is 0 Å². The normalized spacial score (nSPS) is 10.5. The molecule has 0 aliphatic rings. The molecule has 0 spiro atoms. The van der Waals surface area contributed by atoms with Crippen LogP contribution in [0, 0.1) is 0 Å². The quantitative estimate of drug-likeness (QED) is 0.273. The highest BCUT2D eigenvalue weighted by molar-refractivity contribution is 14.0. The molecule has 29 heavy (non-hydrogen) atoms. The number of benzene rings is 2. The van der Waals surface area contributed by atoms with Gasteiger partial charge in [-0.2, -0.15) is 0 Å². The monoisotopic (exact) mass is 512 g/mol. The third-order valence-electron chi connectivity index (χ3n) is 3.93. The Labute approximate surface area is 189 Å². The van der Waals surface area contributed by atoms with Crippen LogP contribution in [0.2, 0.25) is 0 Å². The highest BCUT2D eigenvalue weighted by Crippen LogP contribution is 2.30. The fourth-order valence-corrected chi connectivity index (χ4v) is 2.52. The molecule has 0 saturated heterocycles. The zero-order chi connectivity index (χ0) is 20.2. The van der Waals surface area contributed by atoms with E-state index in [9.17, 15) is 4.79 Å². The standard InChI is InChI=1S/C21H28N4O3.HI/c1-4-28-18-11-10-17(14-19(18)27-3)25-21(22-2)23-13-12-20(26)24-15-16-8-6-5-7-9-16;/h5-11,14H,4,12-13,15H2,1-3H3,(H,24,26)(H2,22,23,25);1H. The van der Waals surface area contributed by atoms with Gasteiger partial charge in [0.1, 0.15) is 0 Å². The minimum atomic E-state index is -0.0189. The number of carbonyl (C=O) groups excluding carboxylic acids is 1. The minimum Gasteiger partial charge on any atom is -0.493 e. The van der Waals surface area contributed by atoms with Crippen molar-refractivity contribution in [1.82, 2.24) is 10.6 Å². The maximum atomic E-state index is 12.0. The molecule has 0 radical (unpaired) electrons. The summed E-state index contributed by atoms with van der Waals surface area (Å²) in [4.78, 5) is 16.2. The van der Waals surface area contributed by atoms with Crippen molar-refractivity contribution >= 4 is 41.5 Å². The van der Waals surface area contributed by atoms with Crippen molar-refractivity contribution in [3.05, 3.63) is 54.1 Å². The summed E-state index contributed by atoms with van der Waals surface area (Å²) >= 11 is 0. The highest BCUT2D eigenvalue weighted by atomic mass is 127. The molecule has 0 unspecified atom stereocenters. The summed E-state index contributed by atoms with van der Waals surface area (Å²) in [6.07, 6.45) is 0.347. The number of anilines is 1. The Balaban J connectivity index is 0.00000420. The van der Waals surface area contributed by atoms with Gasteiger partial charge in [0.05, 0.1) is 13.7 Å². The van der Waals surface area contributed by atoms with Crippen molar-refractivity contribution in [2.45, 2.75) is 19.9 Å². The number of halogens is 1.